The molecule has 0 atom stereocenters. The fourth-order valence-electron chi connectivity index (χ4n) is 4.75. The quantitative estimate of drug-likeness (QED) is 0.236. The number of nitrogens with zero attached hydrogens (tertiary/aromatic N) is 3. The molecule has 41 heavy (non-hydrogen) atoms. The summed E-state index contributed by atoms with van der Waals surface area (Å²) >= 11 is 0. The zero-order valence-electron chi connectivity index (χ0n) is 22.2. The van der Waals surface area contributed by atoms with Crippen LogP contribution < -0.4 is 20.3 Å². The number of benzene rings is 4. The van der Waals surface area contributed by atoms with E-state index in [1.165, 1.54) is 12.1 Å². The van der Waals surface area contributed by atoms with Crippen LogP contribution in [0.25, 0.3) is 10.8 Å². The van der Waals surface area contributed by atoms with Gasteiger partial charge >= 0.3 is 0 Å². The first-order valence-corrected chi connectivity index (χ1v) is 13.4. The van der Waals surface area contributed by atoms with Crippen LogP contribution in [-0.2, 0) is 11.3 Å². The van der Waals surface area contributed by atoms with Gasteiger partial charge in [0.2, 0.25) is 11.8 Å². The van der Waals surface area contributed by atoms with E-state index in [-0.39, 0.29) is 5.56 Å². The number of halogens is 1. The van der Waals surface area contributed by atoms with Crippen molar-refractivity contribution in [1.29, 1.82) is 0 Å². The average Bonchev–Trinajstić information content (AvgIpc) is 3.02. The van der Waals surface area contributed by atoms with Gasteiger partial charge in [-0.2, -0.15) is 4.98 Å². The van der Waals surface area contributed by atoms with Crippen LogP contribution in [0.1, 0.15) is 15.9 Å². The molecular formula is C32H28FN5O3. The number of hydrogen-bond acceptors (Lipinski definition) is 7. The van der Waals surface area contributed by atoms with E-state index in [1.54, 1.807) is 30.5 Å². The lowest BCUT2D eigenvalue weighted by Gasteiger charge is -2.29. The smallest absolute Gasteiger partial charge is 0.255 e. The standard InChI is InChI=1S/C32H28FN5O3/c33-24-18-23(19-25(20-24)38-14-16-40-17-15-38)31(39)36-28-10-11-29(27-9-5-4-8-26(27)28)41-30-12-13-34-32(37-30)35-21-22-6-2-1-3-7-22/h1-13,18-20H,14-17,21H2,(H,36,39)(H,34,35,37). The van der Waals surface area contributed by atoms with E-state index in [0.29, 0.717) is 61.8 Å². The summed E-state index contributed by atoms with van der Waals surface area (Å²) in [5, 5.41) is 7.73. The minimum Gasteiger partial charge on any atom is -0.438 e. The summed E-state index contributed by atoms with van der Waals surface area (Å²) in [5.41, 5.74) is 2.60. The molecule has 2 N–H and O–H groups in total. The van der Waals surface area contributed by atoms with Crippen molar-refractivity contribution in [3.05, 3.63) is 114 Å². The van der Waals surface area contributed by atoms with E-state index in [4.69, 9.17) is 9.47 Å². The molecule has 1 saturated heterocycles. The molecule has 1 aromatic heterocycles. The summed E-state index contributed by atoms with van der Waals surface area (Å²) in [5.74, 6) is 0.545. The summed E-state index contributed by atoms with van der Waals surface area (Å²) in [6.07, 6.45) is 1.64. The van der Waals surface area contributed by atoms with Crippen LogP contribution in [0.2, 0.25) is 0 Å². The summed E-state index contributed by atoms with van der Waals surface area (Å²) in [6, 6.07) is 27.2. The van der Waals surface area contributed by atoms with Crippen molar-refractivity contribution in [3.63, 3.8) is 0 Å². The van der Waals surface area contributed by atoms with Gasteiger partial charge in [-0.15, -0.1) is 0 Å². The van der Waals surface area contributed by atoms with E-state index in [1.807, 2.05) is 59.5 Å². The van der Waals surface area contributed by atoms with Crippen molar-refractivity contribution in [2.24, 2.45) is 0 Å². The van der Waals surface area contributed by atoms with E-state index in [2.05, 4.69) is 20.6 Å². The van der Waals surface area contributed by atoms with E-state index in [9.17, 15) is 9.18 Å². The molecule has 9 heteroatoms. The third-order valence-corrected chi connectivity index (χ3v) is 6.79. The molecule has 1 aliphatic rings. The summed E-state index contributed by atoms with van der Waals surface area (Å²) in [6.45, 7) is 3.01. The molecular weight excluding hydrogens is 521 g/mol. The Balaban J connectivity index is 1.21. The Morgan fingerprint density at radius 3 is 2.54 bits per heavy atom. The first-order chi connectivity index (χ1) is 20.1. The lowest BCUT2D eigenvalue weighted by atomic mass is 10.1. The van der Waals surface area contributed by atoms with Gasteiger partial charge in [-0.25, -0.2) is 9.37 Å². The molecule has 8 nitrogen and oxygen atoms in total. The van der Waals surface area contributed by atoms with Crippen molar-refractivity contribution in [3.8, 4) is 11.6 Å². The largest absolute Gasteiger partial charge is 0.438 e. The Morgan fingerprint density at radius 1 is 0.927 bits per heavy atom. The topological polar surface area (TPSA) is 88.6 Å². The number of amides is 1. The van der Waals surface area contributed by atoms with Crippen LogP contribution in [0.5, 0.6) is 11.6 Å². The van der Waals surface area contributed by atoms with Crippen molar-refractivity contribution >= 4 is 34.0 Å². The monoisotopic (exact) mass is 549 g/mol. The highest BCUT2D eigenvalue weighted by atomic mass is 19.1. The fourth-order valence-corrected chi connectivity index (χ4v) is 4.75. The number of nitrogens with one attached hydrogen (secondary N) is 2. The number of carbonyl (C=O) groups is 1. The van der Waals surface area contributed by atoms with Gasteiger partial charge < -0.3 is 25.0 Å². The number of ether oxygens (including phenoxy) is 2. The minimum atomic E-state index is -0.463. The van der Waals surface area contributed by atoms with Gasteiger partial charge in [0.1, 0.15) is 11.6 Å². The van der Waals surface area contributed by atoms with Crippen LogP contribution in [0, 0.1) is 5.82 Å². The molecule has 1 aliphatic heterocycles. The fraction of sp³-hybridized carbons (Fsp3) is 0.156. The summed E-state index contributed by atoms with van der Waals surface area (Å²) in [4.78, 5) is 24.0. The lowest BCUT2D eigenvalue weighted by molar-refractivity contribution is 0.102. The Labute approximate surface area is 236 Å². The van der Waals surface area contributed by atoms with Crippen molar-refractivity contribution in [1.82, 2.24) is 9.97 Å². The van der Waals surface area contributed by atoms with Gasteiger partial charge in [-0.1, -0.05) is 54.6 Å². The highest BCUT2D eigenvalue weighted by molar-refractivity contribution is 6.10. The van der Waals surface area contributed by atoms with E-state index < -0.39 is 11.7 Å². The van der Waals surface area contributed by atoms with E-state index >= 15 is 0 Å². The summed E-state index contributed by atoms with van der Waals surface area (Å²) < 4.78 is 26.0. The second-order valence-corrected chi connectivity index (χ2v) is 9.57. The number of rotatable bonds is 8. The highest BCUT2D eigenvalue weighted by Gasteiger charge is 2.17. The van der Waals surface area contributed by atoms with Crippen LogP contribution in [0.3, 0.4) is 0 Å². The van der Waals surface area contributed by atoms with Gasteiger partial charge in [0.05, 0.1) is 13.2 Å². The van der Waals surface area contributed by atoms with Gasteiger partial charge in [0.25, 0.3) is 5.91 Å². The summed E-state index contributed by atoms with van der Waals surface area (Å²) in [7, 11) is 0. The predicted octanol–water partition coefficient (Wildman–Crippen LogP) is 6.26. The van der Waals surface area contributed by atoms with Crippen molar-refractivity contribution in [2.45, 2.75) is 6.54 Å². The lowest BCUT2D eigenvalue weighted by Crippen LogP contribution is -2.36. The second kappa shape index (κ2) is 12.0. The van der Waals surface area contributed by atoms with Crippen LogP contribution >= 0.6 is 0 Å². The number of fused-ring (bicyclic) bond motifs is 1. The van der Waals surface area contributed by atoms with Crippen LogP contribution in [0.15, 0.2) is 97.2 Å². The zero-order chi connectivity index (χ0) is 28.0. The maximum Gasteiger partial charge on any atom is 0.255 e. The Kier molecular flexibility index (Phi) is 7.68. The number of anilines is 3. The van der Waals surface area contributed by atoms with E-state index in [0.717, 1.165) is 16.3 Å². The maximum absolute atomic E-state index is 14.5. The Morgan fingerprint density at radius 2 is 1.71 bits per heavy atom. The maximum atomic E-state index is 14.5. The van der Waals surface area contributed by atoms with Crippen molar-refractivity contribution in [2.75, 3.05) is 41.8 Å². The third-order valence-electron chi connectivity index (χ3n) is 6.79. The van der Waals surface area contributed by atoms with Crippen LogP contribution in [0.4, 0.5) is 21.7 Å². The molecule has 0 spiro atoms. The molecule has 0 unspecified atom stereocenters. The third kappa shape index (κ3) is 6.26. The average molecular weight is 550 g/mol. The predicted molar refractivity (Wildman–Crippen MR) is 157 cm³/mol. The molecule has 0 saturated carbocycles. The minimum absolute atomic E-state index is 0.243. The molecule has 0 bridgehead atoms. The van der Waals surface area contributed by atoms with Gasteiger partial charge in [0, 0.05) is 59.6 Å². The SMILES string of the molecule is O=C(Nc1ccc(Oc2ccnc(NCc3ccccc3)n2)c2ccccc12)c1cc(F)cc(N2CCOCC2)c1. The van der Waals surface area contributed by atoms with Gasteiger partial charge in [-0.3, -0.25) is 4.79 Å². The number of aromatic nitrogens is 2. The molecule has 4 aromatic carbocycles. The first-order valence-electron chi connectivity index (χ1n) is 13.4. The first kappa shape index (κ1) is 26.2. The van der Waals surface area contributed by atoms with Crippen molar-refractivity contribution < 1.29 is 18.7 Å². The molecule has 206 valence electrons. The normalized spacial score (nSPS) is 13.1. The van der Waals surface area contributed by atoms with Gasteiger partial charge in [0.15, 0.2) is 0 Å². The molecule has 1 fully saturated rings. The highest BCUT2D eigenvalue weighted by Crippen LogP contribution is 2.34. The Bertz CT molecular complexity index is 1680. The molecule has 0 radical (unpaired) electrons. The van der Waals surface area contributed by atoms with Crippen LogP contribution in [-0.4, -0.2) is 42.2 Å². The molecule has 1 amide bonds. The number of hydrogen-bond donors (Lipinski definition) is 2. The Hall–Kier alpha value is -5.02. The number of morpholine rings is 1. The second-order valence-electron chi connectivity index (χ2n) is 9.57. The molecule has 0 aliphatic carbocycles. The zero-order valence-corrected chi connectivity index (χ0v) is 22.2. The molecule has 2 heterocycles. The molecule has 6 rings (SSSR count). The molecule has 5 aromatic rings. The number of carbonyl (C=O) groups excluding carboxylic acids is 1. The van der Waals surface area contributed by atoms with Gasteiger partial charge in [-0.05, 0) is 35.9 Å².